The van der Waals surface area contributed by atoms with Crippen LogP contribution in [0.4, 0.5) is 0 Å². The van der Waals surface area contributed by atoms with Crippen molar-refractivity contribution in [3.8, 4) is 0 Å². The predicted molar refractivity (Wildman–Crippen MR) is 70.3 cm³/mol. The molecule has 0 unspecified atom stereocenters. The Morgan fingerprint density at radius 3 is 2.70 bits per heavy atom. The third-order valence-electron chi connectivity index (χ3n) is 3.43. The zero-order valence-electron chi connectivity index (χ0n) is 11.5. The molecule has 0 atom stereocenters. The number of hydrogen-bond acceptors (Lipinski definition) is 5. The molecule has 0 spiro atoms. The molecule has 2 heterocycles. The van der Waals surface area contributed by atoms with Gasteiger partial charge in [-0.2, -0.15) is 0 Å². The Morgan fingerprint density at radius 2 is 2.10 bits per heavy atom. The molecule has 1 fully saturated rings. The first-order chi connectivity index (χ1) is 9.56. The number of aromatic carboxylic acids is 1. The lowest BCUT2D eigenvalue weighted by atomic mass is 10.4. The summed E-state index contributed by atoms with van der Waals surface area (Å²) >= 11 is 0. The molecule has 110 valence electrons. The van der Waals surface area contributed by atoms with Crippen LogP contribution in [0, 0.1) is 0 Å². The van der Waals surface area contributed by atoms with E-state index >= 15 is 0 Å². The van der Waals surface area contributed by atoms with E-state index in [4.69, 9.17) is 5.11 Å². The maximum Gasteiger partial charge on any atom is 0.358 e. The van der Waals surface area contributed by atoms with Crippen LogP contribution < -0.4 is 0 Å². The van der Waals surface area contributed by atoms with Gasteiger partial charge in [0, 0.05) is 20.1 Å². The number of carbonyl (C=O) groups is 2. The number of amides is 1. The number of rotatable bonds is 6. The minimum absolute atomic E-state index is 0.0107. The van der Waals surface area contributed by atoms with E-state index in [1.165, 1.54) is 23.7 Å². The van der Waals surface area contributed by atoms with Crippen molar-refractivity contribution in [1.82, 2.24) is 24.8 Å². The summed E-state index contributed by atoms with van der Waals surface area (Å²) in [4.78, 5) is 26.6. The highest BCUT2D eigenvalue weighted by molar-refractivity contribution is 5.84. The second-order valence-electron chi connectivity index (χ2n) is 4.97. The van der Waals surface area contributed by atoms with Crippen molar-refractivity contribution in [3.05, 3.63) is 11.9 Å². The third-order valence-corrected chi connectivity index (χ3v) is 3.43. The number of carboxylic acids is 1. The number of likely N-dealkylation sites (N-methyl/N-ethyl adjacent to an activating group) is 1. The first-order valence-corrected chi connectivity index (χ1v) is 6.66. The van der Waals surface area contributed by atoms with Crippen molar-refractivity contribution >= 4 is 11.9 Å². The van der Waals surface area contributed by atoms with E-state index in [0.717, 1.165) is 19.6 Å². The van der Waals surface area contributed by atoms with Gasteiger partial charge >= 0.3 is 5.97 Å². The summed E-state index contributed by atoms with van der Waals surface area (Å²) in [7, 11) is 1.74. The molecule has 8 nitrogen and oxygen atoms in total. The van der Waals surface area contributed by atoms with Crippen molar-refractivity contribution in [3.63, 3.8) is 0 Å². The molecule has 0 aliphatic carbocycles. The molecule has 20 heavy (non-hydrogen) atoms. The topological polar surface area (TPSA) is 91.6 Å². The maximum atomic E-state index is 12.0. The zero-order valence-corrected chi connectivity index (χ0v) is 11.5. The molecule has 1 aliphatic rings. The molecule has 1 N–H and O–H groups in total. The van der Waals surface area contributed by atoms with Gasteiger partial charge in [0.25, 0.3) is 0 Å². The van der Waals surface area contributed by atoms with Gasteiger partial charge in [-0.1, -0.05) is 5.21 Å². The van der Waals surface area contributed by atoms with Gasteiger partial charge in [0.15, 0.2) is 5.69 Å². The highest BCUT2D eigenvalue weighted by atomic mass is 16.4. The fraction of sp³-hybridized carbons (Fsp3) is 0.667. The molecule has 0 radical (unpaired) electrons. The maximum absolute atomic E-state index is 12.0. The summed E-state index contributed by atoms with van der Waals surface area (Å²) in [6.07, 6.45) is 3.72. The van der Waals surface area contributed by atoms with Gasteiger partial charge in [0.05, 0.1) is 6.20 Å². The van der Waals surface area contributed by atoms with Crippen LogP contribution in [0.5, 0.6) is 0 Å². The standard InChI is InChI=1S/C12H19N5O3/c1-15(6-7-16-4-2-3-5-16)11(18)9-17-8-10(12(19)20)13-14-17/h8H,2-7,9H2,1H3,(H,19,20). The molecule has 0 aromatic carbocycles. The van der Waals surface area contributed by atoms with Crippen LogP contribution in [0.25, 0.3) is 0 Å². The Kier molecular flexibility index (Phi) is 4.67. The molecule has 1 aromatic rings. The van der Waals surface area contributed by atoms with E-state index in [1.807, 2.05) is 0 Å². The SMILES string of the molecule is CN(CCN1CCCC1)C(=O)Cn1cc(C(=O)O)nn1. The van der Waals surface area contributed by atoms with Gasteiger partial charge in [-0.15, -0.1) is 5.10 Å². The zero-order chi connectivity index (χ0) is 14.5. The average Bonchev–Trinajstić information content (AvgIpc) is 3.06. The Labute approximate surface area is 117 Å². The third kappa shape index (κ3) is 3.77. The van der Waals surface area contributed by atoms with Crippen LogP contribution in [0.3, 0.4) is 0 Å². The minimum atomic E-state index is -1.15. The summed E-state index contributed by atoms with van der Waals surface area (Å²) < 4.78 is 1.25. The fourth-order valence-electron chi connectivity index (χ4n) is 2.16. The Morgan fingerprint density at radius 1 is 1.40 bits per heavy atom. The number of carboxylic acid groups (broad SMARTS) is 1. The van der Waals surface area contributed by atoms with Gasteiger partial charge in [0.2, 0.25) is 5.91 Å². The monoisotopic (exact) mass is 281 g/mol. The van der Waals surface area contributed by atoms with E-state index < -0.39 is 5.97 Å². The Balaban J connectivity index is 1.78. The van der Waals surface area contributed by atoms with Crippen molar-refractivity contribution in [1.29, 1.82) is 0 Å². The number of aromatic nitrogens is 3. The van der Waals surface area contributed by atoms with Gasteiger partial charge in [-0.25, -0.2) is 9.48 Å². The van der Waals surface area contributed by atoms with E-state index in [1.54, 1.807) is 11.9 Å². The summed E-state index contributed by atoms with van der Waals surface area (Å²) in [6.45, 7) is 3.76. The second kappa shape index (κ2) is 6.47. The largest absolute Gasteiger partial charge is 0.476 e. The molecule has 0 bridgehead atoms. The lowest BCUT2D eigenvalue weighted by molar-refractivity contribution is -0.130. The Hall–Kier alpha value is -1.96. The summed E-state index contributed by atoms with van der Waals surface area (Å²) in [5.41, 5.74) is -0.155. The lowest BCUT2D eigenvalue weighted by Crippen LogP contribution is -2.37. The van der Waals surface area contributed by atoms with E-state index in [9.17, 15) is 9.59 Å². The van der Waals surface area contributed by atoms with Gasteiger partial charge < -0.3 is 14.9 Å². The summed E-state index contributed by atoms with van der Waals surface area (Å²) in [5, 5.41) is 15.8. The van der Waals surface area contributed by atoms with Gasteiger partial charge in [0.1, 0.15) is 6.54 Å². The van der Waals surface area contributed by atoms with Crippen molar-refractivity contribution in [2.24, 2.45) is 0 Å². The molecule has 2 rings (SSSR count). The van der Waals surface area contributed by atoms with Crippen molar-refractivity contribution in [2.75, 3.05) is 33.2 Å². The molecule has 8 heteroatoms. The van der Waals surface area contributed by atoms with Crippen LogP contribution >= 0.6 is 0 Å². The first kappa shape index (κ1) is 14.4. The van der Waals surface area contributed by atoms with Crippen LogP contribution in [-0.2, 0) is 11.3 Å². The number of likely N-dealkylation sites (tertiary alicyclic amines) is 1. The smallest absolute Gasteiger partial charge is 0.358 e. The molecular weight excluding hydrogens is 262 g/mol. The first-order valence-electron chi connectivity index (χ1n) is 6.66. The summed E-state index contributed by atoms with van der Waals surface area (Å²) in [6, 6.07) is 0. The van der Waals surface area contributed by atoms with Crippen LogP contribution in [0.2, 0.25) is 0 Å². The molecule has 1 aliphatic heterocycles. The van der Waals surface area contributed by atoms with Crippen molar-refractivity contribution < 1.29 is 14.7 Å². The normalized spacial score (nSPS) is 15.4. The van der Waals surface area contributed by atoms with Crippen LogP contribution in [0.15, 0.2) is 6.20 Å². The highest BCUT2D eigenvalue weighted by Gasteiger charge is 2.16. The van der Waals surface area contributed by atoms with Gasteiger partial charge in [-0.05, 0) is 25.9 Å². The molecule has 1 saturated heterocycles. The minimum Gasteiger partial charge on any atom is -0.476 e. The fourth-order valence-corrected chi connectivity index (χ4v) is 2.16. The highest BCUT2D eigenvalue weighted by Crippen LogP contribution is 2.06. The van der Waals surface area contributed by atoms with E-state index in [2.05, 4.69) is 15.2 Å². The Bertz CT molecular complexity index is 481. The predicted octanol–water partition coefficient (Wildman–Crippen LogP) is -0.469. The van der Waals surface area contributed by atoms with E-state index in [-0.39, 0.29) is 18.1 Å². The van der Waals surface area contributed by atoms with Crippen LogP contribution in [-0.4, -0.2) is 75.0 Å². The van der Waals surface area contributed by atoms with E-state index in [0.29, 0.717) is 6.54 Å². The average molecular weight is 281 g/mol. The quantitative estimate of drug-likeness (QED) is 0.758. The van der Waals surface area contributed by atoms with Gasteiger partial charge in [-0.3, -0.25) is 4.79 Å². The number of hydrogen-bond donors (Lipinski definition) is 1. The molecular formula is C12H19N5O3. The molecule has 1 amide bonds. The molecule has 1 aromatic heterocycles. The molecule has 0 saturated carbocycles. The summed E-state index contributed by atoms with van der Waals surface area (Å²) in [5.74, 6) is -1.25. The lowest BCUT2D eigenvalue weighted by Gasteiger charge is -2.21. The number of carbonyl (C=O) groups excluding carboxylic acids is 1. The number of nitrogens with zero attached hydrogens (tertiary/aromatic N) is 5. The van der Waals surface area contributed by atoms with Crippen LogP contribution in [0.1, 0.15) is 23.3 Å². The van der Waals surface area contributed by atoms with Crippen molar-refractivity contribution in [2.45, 2.75) is 19.4 Å². The second-order valence-corrected chi connectivity index (χ2v) is 4.97.